The second-order valence-electron chi connectivity index (χ2n) is 3.78. The molecule has 0 bridgehead atoms. The highest BCUT2D eigenvalue weighted by atomic mass is 19.1. The van der Waals surface area contributed by atoms with Crippen molar-refractivity contribution in [1.29, 1.82) is 0 Å². The monoisotopic (exact) mass is 224 g/mol. The molecule has 1 atom stereocenters. The number of halogens is 1. The van der Waals surface area contributed by atoms with Gasteiger partial charge in [0, 0.05) is 11.6 Å². The molecule has 1 aromatic carbocycles. The van der Waals surface area contributed by atoms with E-state index in [9.17, 15) is 4.39 Å². The van der Waals surface area contributed by atoms with Crippen LogP contribution < -0.4 is 16.0 Å². The molecule has 0 heterocycles. The molecule has 0 saturated carbocycles. The first kappa shape index (κ1) is 12.7. The molecule has 4 heteroatoms. The molecule has 3 N–H and O–H groups in total. The van der Waals surface area contributed by atoms with Crippen LogP contribution in [0.4, 0.5) is 4.39 Å². The zero-order valence-electron chi connectivity index (χ0n) is 9.75. The maximum absolute atomic E-state index is 13.7. The second kappa shape index (κ2) is 5.63. The standard InChI is InChI=1S/C12H17FN2O/c1-8(2)6-12(15-14)10-5-4-9(16-3)7-11(10)13/h4-7,12,15H,14H2,1-3H3. The third kappa shape index (κ3) is 3.05. The molecule has 1 rings (SSSR count). The van der Waals surface area contributed by atoms with Crippen molar-refractivity contribution >= 4 is 0 Å². The van der Waals surface area contributed by atoms with Crippen molar-refractivity contribution in [1.82, 2.24) is 5.43 Å². The van der Waals surface area contributed by atoms with E-state index in [1.165, 1.54) is 13.2 Å². The third-order valence-electron chi connectivity index (χ3n) is 2.22. The number of hydrogen-bond acceptors (Lipinski definition) is 3. The molecule has 1 aromatic rings. The minimum Gasteiger partial charge on any atom is -0.497 e. The van der Waals surface area contributed by atoms with Crippen molar-refractivity contribution in [3.05, 3.63) is 41.2 Å². The Labute approximate surface area is 95.1 Å². The van der Waals surface area contributed by atoms with Crippen LogP contribution in [-0.2, 0) is 0 Å². The van der Waals surface area contributed by atoms with E-state index in [1.54, 1.807) is 12.1 Å². The first-order valence-electron chi connectivity index (χ1n) is 5.03. The fraction of sp³-hybridized carbons (Fsp3) is 0.333. The van der Waals surface area contributed by atoms with Gasteiger partial charge in [0.05, 0.1) is 13.2 Å². The summed E-state index contributed by atoms with van der Waals surface area (Å²) in [6.45, 7) is 3.87. The van der Waals surface area contributed by atoms with Crippen LogP contribution >= 0.6 is 0 Å². The second-order valence-corrected chi connectivity index (χ2v) is 3.78. The lowest BCUT2D eigenvalue weighted by atomic mass is 10.0. The molecule has 0 saturated heterocycles. The lowest BCUT2D eigenvalue weighted by Crippen LogP contribution is -2.27. The molecule has 0 aliphatic carbocycles. The van der Waals surface area contributed by atoms with Crippen LogP contribution in [0.15, 0.2) is 29.8 Å². The number of ether oxygens (including phenoxy) is 1. The van der Waals surface area contributed by atoms with Crippen LogP contribution in [0.5, 0.6) is 5.75 Å². The number of nitrogens with two attached hydrogens (primary N) is 1. The fourth-order valence-corrected chi connectivity index (χ4v) is 1.45. The molecule has 0 aromatic heterocycles. The molecular weight excluding hydrogens is 207 g/mol. The van der Waals surface area contributed by atoms with Gasteiger partial charge in [-0.25, -0.2) is 9.82 Å². The number of benzene rings is 1. The van der Waals surface area contributed by atoms with Crippen molar-refractivity contribution in [2.75, 3.05) is 7.11 Å². The lowest BCUT2D eigenvalue weighted by Gasteiger charge is -2.14. The normalized spacial score (nSPS) is 12.1. The van der Waals surface area contributed by atoms with E-state index in [1.807, 2.05) is 19.9 Å². The van der Waals surface area contributed by atoms with Crippen molar-refractivity contribution < 1.29 is 9.13 Å². The van der Waals surface area contributed by atoms with Gasteiger partial charge in [0.25, 0.3) is 0 Å². The van der Waals surface area contributed by atoms with Crippen LogP contribution in [-0.4, -0.2) is 7.11 Å². The van der Waals surface area contributed by atoms with Gasteiger partial charge in [0.1, 0.15) is 11.6 Å². The van der Waals surface area contributed by atoms with Gasteiger partial charge >= 0.3 is 0 Å². The Balaban J connectivity index is 3.06. The fourth-order valence-electron chi connectivity index (χ4n) is 1.45. The van der Waals surface area contributed by atoms with Gasteiger partial charge in [-0.2, -0.15) is 0 Å². The Morgan fingerprint density at radius 2 is 2.19 bits per heavy atom. The molecule has 0 amide bonds. The quantitative estimate of drug-likeness (QED) is 0.468. The average Bonchev–Trinajstić information content (AvgIpc) is 2.25. The predicted molar refractivity (Wildman–Crippen MR) is 62.4 cm³/mol. The van der Waals surface area contributed by atoms with Crippen LogP contribution in [0.1, 0.15) is 25.5 Å². The van der Waals surface area contributed by atoms with Gasteiger partial charge in [-0.15, -0.1) is 0 Å². The summed E-state index contributed by atoms with van der Waals surface area (Å²) in [4.78, 5) is 0. The van der Waals surface area contributed by atoms with Gasteiger partial charge in [-0.3, -0.25) is 5.84 Å². The van der Waals surface area contributed by atoms with Crippen LogP contribution in [0, 0.1) is 5.82 Å². The molecule has 3 nitrogen and oxygen atoms in total. The highest BCUT2D eigenvalue weighted by molar-refractivity contribution is 5.33. The molecule has 1 unspecified atom stereocenters. The zero-order valence-corrected chi connectivity index (χ0v) is 9.75. The summed E-state index contributed by atoms with van der Waals surface area (Å²) in [7, 11) is 1.50. The van der Waals surface area contributed by atoms with Gasteiger partial charge in [-0.1, -0.05) is 17.7 Å². The maximum Gasteiger partial charge on any atom is 0.132 e. The Kier molecular flexibility index (Phi) is 4.46. The molecular formula is C12H17FN2O. The number of hydrazine groups is 1. The number of rotatable bonds is 4. The highest BCUT2D eigenvalue weighted by Gasteiger charge is 2.12. The van der Waals surface area contributed by atoms with E-state index in [0.29, 0.717) is 11.3 Å². The van der Waals surface area contributed by atoms with E-state index in [-0.39, 0.29) is 11.9 Å². The Hall–Kier alpha value is -1.39. The van der Waals surface area contributed by atoms with Gasteiger partial charge in [0.15, 0.2) is 0 Å². The van der Waals surface area contributed by atoms with Gasteiger partial charge < -0.3 is 4.74 Å². The summed E-state index contributed by atoms with van der Waals surface area (Å²) in [6, 6.07) is 4.40. The first-order valence-corrected chi connectivity index (χ1v) is 5.03. The largest absolute Gasteiger partial charge is 0.497 e. The minimum atomic E-state index is -0.334. The smallest absolute Gasteiger partial charge is 0.132 e. The summed E-state index contributed by atoms with van der Waals surface area (Å²) in [6.07, 6.45) is 1.87. The average molecular weight is 224 g/mol. The predicted octanol–water partition coefficient (Wildman–Crippen LogP) is 2.30. The highest BCUT2D eigenvalue weighted by Crippen LogP contribution is 2.23. The van der Waals surface area contributed by atoms with E-state index < -0.39 is 0 Å². The van der Waals surface area contributed by atoms with Crippen LogP contribution in [0.2, 0.25) is 0 Å². The van der Waals surface area contributed by atoms with Gasteiger partial charge in [0.2, 0.25) is 0 Å². The molecule has 0 aliphatic heterocycles. The molecule has 0 aliphatic rings. The summed E-state index contributed by atoms with van der Waals surface area (Å²) in [5, 5.41) is 0. The Morgan fingerprint density at radius 1 is 1.50 bits per heavy atom. The molecule has 0 radical (unpaired) electrons. The summed E-state index contributed by atoms with van der Waals surface area (Å²) in [5.41, 5.74) is 4.14. The number of nitrogens with one attached hydrogen (secondary N) is 1. The lowest BCUT2D eigenvalue weighted by molar-refractivity contribution is 0.410. The summed E-state index contributed by atoms with van der Waals surface area (Å²) < 4.78 is 18.7. The number of hydrogen-bond donors (Lipinski definition) is 2. The van der Waals surface area contributed by atoms with E-state index in [4.69, 9.17) is 10.6 Å². The van der Waals surface area contributed by atoms with Crippen LogP contribution in [0.25, 0.3) is 0 Å². The Morgan fingerprint density at radius 3 is 2.62 bits per heavy atom. The van der Waals surface area contributed by atoms with Crippen molar-refractivity contribution in [3.8, 4) is 5.75 Å². The van der Waals surface area contributed by atoms with Gasteiger partial charge in [-0.05, 0) is 19.9 Å². The summed E-state index contributed by atoms with van der Waals surface area (Å²) in [5.74, 6) is 5.56. The van der Waals surface area contributed by atoms with E-state index >= 15 is 0 Å². The van der Waals surface area contributed by atoms with Crippen molar-refractivity contribution in [2.45, 2.75) is 19.9 Å². The minimum absolute atomic E-state index is 0.323. The first-order chi connectivity index (χ1) is 7.58. The maximum atomic E-state index is 13.7. The van der Waals surface area contributed by atoms with E-state index in [2.05, 4.69) is 5.43 Å². The third-order valence-corrected chi connectivity index (χ3v) is 2.22. The zero-order chi connectivity index (χ0) is 12.1. The molecule has 0 spiro atoms. The Bertz CT molecular complexity index is 387. The molecule has 0 fully saturated rings. The van der Waals surface area contributed by atoms with Crippen LogP contribution in [0.3, 0.4) is 0 Å². The van der Waals surface area contributed by atoms with E-state index in [0.717, 1.165) is 5.57 Å². The number of allylic oxidation sites excluding steroid dienone is 1. The summed E-state index contributed by atoms with van der Waals surface area (Å²) >= 11 is 0. The SMILES string of the molecule is COc1ccc(C(C=C(C)C)NN)c(F)c1. The van der Waals surface area contributed by atoms with Crippen molar-refractivity contribution in [2.24, 2.45) is 5.84 Å². The van der Waals surface area contributed by atoms with Crippen molar-refractivity contribution in [3.63, 3.8) is 0 Å². The number of methoxy groups -OCH3 is 1. The topological polar surface area (TPSA) is 47.3 Å². The molecule has 16 heavy (non-hydrogen) atoms. The molecule has 88 valence electrons.